The summed E-state index contributed by atoms with van der Waals surface area (Å²) in [7, 11) is 0. The van der Waals surface area contributed by atoms with Crippen molar-refractivity contribution in [1.82, 2.24) is 5.32 Å². The van der Waals surface area contributed by atoms with Crippen molar-refractivity contribution < 1.29 is 9.50 Å². The van der Waals surface area contributed by atoms with Gasteiger partial charge in [-0.2, -0.15) is 0 Å². The summed E-state index contributed by atoms with van der Waals surface area (Å²) in [6.07, 6.45) is 1.83. The van der Waals surface area contributed by atoms with Crippen molar-refractivity contribution in [2.75, 3.05) is 6.54 Å². The smallest absolute Gasteiger partial charge is 0.150 e. The quantitative estimate of drug-likeness (QED) is 0.755. The van der Waals surface area contributed by atoms with Gasteiger partial charge in [-0.05, 0) is 31.5 Å². The molecule has 0 aromatic heterocycles. The predicted molar refractivity (Wildman–Crippen MR) is 53.1 cm³/mol. The fraction of sp³-hybridized carbons (Fsp3) is 0.400. The molecule has 1 fully saturated rings. The van der Waals surface area contributed by atoms with Crippen LogP contribution in [-0.4, -0.2) is 11.7 Å². The summed E-state index contributed by atoms with van der Waals surface area (Å²) in [5.41, 5.74) is 0.301. The van der Waals surface area contributed by atoms with Crippen LogP contribution >= 0.6 is 11.6 Å². The van der Waals surface area contributed by atoms with Crippen LogP contribution in [0.1, 0.15) is 24.4 Å². The highest BCUT2D eigenvalue weighted by Gasteiger charge is 2.24. The Kier molecular flexibility index (Phi) is 2.61. The van der Waals surface area contributed by atoms with Gasteiger partial charge < -0.3 is 10.4 Å². The van der Waals surface area contributed by atoms with E-state index in [4.69, 9.17) is 11.6 Å². The summed E-state index contributed by atoms with van der Waals surface area (Å²) in [5, 5.41) is 12.7. The molecule has 1 aliphatic rings. The molecule has 0 radical (unpaired) electrons. The molecular formula is C10H11ClFNO. The third kappa shape index (κ3) is 1.57. The second-order valence-corrected chi connectivity index (χ2v) is 3.85. The highest BCUT2D eigenvalue weighted by molar-refractivity contribution is 6.30. The molecule has 0 amide bonds. The first-order valence-electron chi connectivity index (χ1n) is 4.60. The van der Waals surface area contributed by atoms with Gasteiger partial charge >= 0.3 is 0 Å². The molecule has 0 aliphatic carbocycles. The zero-order chi connectivity index (χ0) is 10.1. The molecule has 0 saturated carbocycles. The molecule has 76 valence electrons. The Morgan fingerprint density at radius 3 is 2.93 bits per heavy atom. The molecule has 1 aromatic rings. The summed E-state index contributed by atoms with van der Waals surface area (Å²) in [4.78, 5) is 0. The SMILES string of the molecule is Oc1ccc(Cl)c(F)c1C1CCCN1. The first-order chi connectivity index (χ1) is 6.70. The third-order valence-corrected chi connectivity index (χ3v) is 2.81. The minimum Gasteiger partial charge on any atom is -0.507 e. The molecule has 0 spiro atoms. The summed E-state index contributed by atoms with van der Waals surface area (Å²) < 4.78 is 13.6. The number of nitrogens with one attached hydrogen (secondary N) is 1. The third-order valence-electron chi connectivity index (χ3n) is 2.52. The fourth-order valence-corrected chi connectivity index (χ4v) is 1.98. The lowest BCUT2D eigenvalue weighted by Crippen LogP contribution is -2.14. The molecule has 1 atom stereocenters. The van der Waals surface area contributed by atoms with Crippen molar-refractivity contribution in [2.24, 2.45) is 0 Å². The minimum atomic E-state index is -0.508. The van der Waals surface area contributed by atoms with Crippen LogP contribution in [0.4, 0.5) is 4.39 Å². The number of phenolic OH excluding ortho intramolecular Hbond substituents is 1. The number of phenols is 1. The van der Waals surface area contributed by atoms with E-state index in [0.717, 1.165) is 19.4 Å². The van der Waals surface area contributed by atoms with Crippen molar-refractivity contribution in [1.29, 1.82) is 0 Å². The zero-order valence-corrected chi connectivity index (χ0v) is 8.31. The van der Waals surface area contributed by atoms with Crippen LogP contribution in [-0.2, 0) is 0 Å². The van der Waals surface area contributed by atoms with Crippen LogP contribution in [0, 0.1) is 5.82 Å². The average Bonchev–Trinajstić information content (AvgIpc) is 2.65. The van der Waals surface area contributed by atoms with Crippen molar-refractivity contribution in [3.63, 3.8) is 0 Å². The van der Waals surface area contributed by atoms with Gasteiger partial charge in [0.1, 0.15) is 11.6 Å². The molecule has 2 N–H and O–H groups in total. The van der Waals surface area contributed by atoms with Crippen LogP contribution in [0.5, 0.6) is 5.75 Å². The molecule has 1 aromatic carbocycles. The number of hydrogen-bond acceptors (Lipinski definition) is 2. The van der Waals surface area contributed by atoms with E-state index in [9.17, 15) is 9.50 Å². The molecule has 4 heteroatoms. The zero-order valence-electron chi connectivity index (χ0n) is 7.56. The Morgan fingerprint density at radius 2 is 2.29 bits per heavy atom. The van der Waals surface area contributed by atoms with Crippen LogP contribution in [0.2, 0.25) is 5.02 Å². The van der Waals surface area contributed by atoms with Crippen LogP contribution in [0.25, 0.3) is 0 Å². The average molecular weight is 216 g/mol. The van der Waals surface area contributed by atoms with Gasteiger partial charge in [-0.3, -0.25) is 0 Å². The van der Waals surface area contributed by atoms with Gasteiger partial charge in [0, 0.05) is 11.6 Å². The largest absolute Gasteiger partial charge is 0.507 e. The second-order valence-electron chi connectivity index (χ2n) is 3.44. The van der Waals surface area contributed by atoms with E-state index in [1.807, 2.05) is 0 Å². The van der Waals surface area contributed by atoms with Gasteiger partial charge in [0.25, 0.3) is 0 Å². The van der Waals surface area contributed by atoms with E-state index < -0.39 is 5.82 Å². The normalized spacial score (nSPS) is 21.4. The molecule has 1 aliphatic heterocycles. The van der Waals surface area contributed by atoms with Crippen molar-refractivity contribution >= 4 is 11.6 Å². The highest BCUT2D eigenvalue weighted by atomic mass is 35.5. The van der Waals surface area contributed by atoms with Gasteiger partial charge in [0.2, 0.25) is 0 Å². The van der Waals surface area contributed by atoms with Gasteiger partial charge in [0.15, 0.2) is 0 Å². The number of rotatable bonds is 1. The van der Waals surface area contributed by atoms with Crippen LogP contribution in [0.3, 0.4) is 0 Å². The maximum Gasteiger partial charge on any atom is 0.150 e. The standard InChI is InChI=1S/C10H11ClFNO/c11-6-3-4-8(14)9(10(6)12)7-2-1-5-13-7/h3-4,7,13-14H,1-2,5H2. The van der Waals surface area contributed by atoms with Crippen LogP contribution < -0.4 is 5.32 Å². The number of hydrogen-bond donors (Lipinski definition) is 2. The van der Waals surface area contributed by atoms with Crippen LogP contribution in [0.15, 0.2) is 12.1 Å². The maximum absolute atomic E-state index is 13.6. The number of benzene rings is 1. The summed E-state index contributed by atoms with van der Waals surface area (Å²) in [6.45, 7) is 0.857. The monoisotopic (exact) mass is 215 g/mol. The van der Waals surface area contributed by atoms with E-state index in [1.54, 1.807) is 0 Å². The van der Waals surface area contributed by atoms with Gasteiger partial charge in [0.05, 0.1) is 5.02 Å². The van der Waals surface area contributed by atoms with E-state index in [1.165, 1.54) is 12.1 Å². The summed E-state index contributed by atoms with van der Waals surface area (Å²) in [6, 6.07) is 2.69. The molecule has 0 bridgehead atoms. The van der Waals surface area contributed by atoms with E-state index >= 15 is 0 Å². The predicted octanol–water partition coefficient (Wildman–Crippen LogP) is 2.61. The fourth-order valence-electron chi connectivity index (χ4n) is 1.82. The van der Waals surface area contributed by atoms with E-state index in [2.05, 4.69) is 5.32 Å². The number of aromatic hydroxyl groups is 1. The molecule has 2 nitrogen and oxygen atoms in total. The van der Waals surface area contributed by atoms with E-state index in [-0.39, 0.29) is 16.8 Å². The molecule has 2 rings (SSSR count). The van der Waals surface area contributed by atoms with Gasteiger partial charge in [-0.1, -0.05) is 11.6 Å². The first kappa shape index (κ1) is 9.74. The van der Waals surface area contributed by atoms with Crippen molar-refractivity contribution in [3.8, 4) is 5.75 Å². The molecule has 14 heavy (non-hydrogen) atoms. The molecular weight excluding hydrogens is 205 g/mol. The Balaban J connectivity index is 2.44. The van der Waals surface area contributed by atoms with E-state index in [0.29, 0.717) is 5.56 Å². The van der Waals surface area contributed by atoms with Crippen molar-refractivity contribution in [2.45, 2.75) is 18.9 Å². The Labute approximate surface area is 86.7 Å². The second kappa shape index (κ2) is 3.75. The molecule has 1 saturated heterocycles. The lowest BCUT2D eigenvalue weighted by molar-refractivity contribution is 0.443. The summed E-state index contributed by atoms with van der Waals surface area (Å²) in [5.74, 6) is -0.530. The minimum absolute atomic E-state index is 0.0219. The number of halogens is 2. The Morgan fingerprint density at radius 1 is 1.50 bits per heavy atom. The first-order valence-corrected chi connectivity index (χ1v) is 4.98. The lowest BCUT2D eigenvalue weighted by atomic mass is 10.0. The van der Waals surface area contributed by atoms with Gasteiger partial charge in [-0.25, -0.2) is 4.39 Å². The van der Waals surface area contributed by atoms with Crippen molar-refractivity contribution in [3.05, 3.63) is 28.5 Å². The topological polar surface area (TPSA) is 32.3 Å². The summed E-state index contributed by atoms with van der Waals surface area (Å²) >= 11 is 5.65. The Bertz CT molecular complexity index is 350. The molecule has 1 unspecified atom stereocenters. The lowest BCUT2D eigenvalue weighted by Gasteiger charge is -2.14. The Hall–Kier alpha value is -0.800. The van der Waals surface area contributed by atoms with Gasteiger partial charge in [-0.15, -0.1) is 0 Å². The molecule has 1 heterocycles. The highest BCUT2D eigenvalue weighted by Crippen LogP contribution is 2.35. The maximum atomic E-state index is 13.6.